The highest BCUT2D eigenvalue weighted by molar-refractivity contribution is 6.03. The maximum absolute atomic E-state index is 12.0. The van der Waals surface area contributed by atoms with E-state index in [-0.39, 0.29) is 11.9 Å². The molecule has 0 aromatic heterocycles. The number of anilines is 2. The third-order valence-corrected chi connectivity index (χ3v) is 3.70. The van der Waals surface area contributed by atoms with Crippen molar-refractivity contribution < 1.29 is 4.79 Å². The highest BCUT2D eigenvalue weighted by Crippen LogP contribution is 2.34. The normalized spacial score (nSPS) is 17.2. The van der Waals surface area contributed by atoms with Crippen LogP contribution in [0.4, 0.5) is 11.4 Å². The molecule has 1 aromatic rings. The summed E-state index contributed by atoms with van der Waals surface area (Å²) >= 11 is 0. The zero-order chi connectivity index (χ0) is 14.7. The van der Waals surface area contributed by atoms with Crippen molar-refractivity contribution in [2.45, 2.75) is 46.2 Å². The molecule has 1 atom stereocenters. The van der Waals surface area contributed by atoms with Crippen LogP contribution >= 0.6 is 0 Å². The van der Waals surface area contributed by atoms with E-state index in [0.29, 0.717) is 6.04 Å². The fraction of sp³-hybridized carbons (Fsp3) is 0.562. The molecule has 1 heterocycles. The Kier molecular flexibility index (Phi) is 4.65. The van der Waals surface area contributed by atoms with Crippen LogP contribution in [0.1, 0.15) is 45.7 Å². The zero-order valence-corrected chi connectivity index (χ0v) is 12.9. The van der Waals surface area contributed by atoms with Crippen molar-refractivity contribution >= 4 is 17.3 Å². The van der Waals surface area contributed by atoms with Crippen LogP contribution in [0.15, 0.2) is 18.2 Å². The first-order chi connectivity index (χ1) is 9.58. The second-order valence-corrected chi connectivity index (χ2v) is 5.54. The predicted octanol–water partition coefficient (Wildman–Crippen LogP) is 2.91. The lowest BCUT2D eigenvalue weighted by atomic mass is 10.1. The van der Waals surface area contributed by atoms with Crippen molar-refractivity contribution in [1.82, 2.24) is 5.32 Å². The Morgan fingerprint density at radius 2 is 2.10 bits per heavy atom. The molecular formula is C16H25N3O. The summed E-state index contributed by atoms with van der Waals surface area (Å²) in [5.74, 6) is 0.0468. The number of hydrogen-bond donors (Lipinski definition) is 2. The molecule has 0 saturated carbocycles. The summed E-state index contributed by atoms with van der Waals surface area (Å²) in [5.41, 5.74) is 3.18. The number of nitrogens with zero attached hydrogens (tertiary/aromatic N) is 1. The molecule has 1 amide bonds. The van der Waals surface area contributed by atoms with Gasteiger partial charge in [-0.15, -0.1) is 0 Å². The second kappa shape index (κ2) is 6.27. The average Bonchev–Trinajstić information content (AvgIpc) is 2.72. The van der Waals surface area contributed by atoms with Gasteiger partial charge in [-0.05, 0) is 38.9 Å². The Morgan fingerprint density at radius 1 is 1.35 bits per heavy atom. The lowest BCUT2D eigenvalue weighted by Gasteiger charge is -2.29. The highest BCUT2D eigenvalue weighted by atomic mass is 16.2. The molecule has 4 heteroatoms. The molecule has 1 aromatic carbocycles. The Hall–Kier alpha value is -1.55. The monoisotopic (exact) mass is 275 g/mol. The minimum Gasteiger partial charge on any atom is -0.369 e. The molecule has 0 bridgehead atoms. The van der Waals surface area contributed by atoms with Gasteiger partial charge in [-0.3, -0.25) is 4.79 Å². The van der Waals surface area contributed by atoms with E-state index in [4.69, 9.17) is 0 Å². The summed E-state index contributed by atoms with van der Waals surface area (Å²) < 4.78 is 0. The van der Waals surface area contributed by atoms with E-state index >= 15 is 0 Å². The summed E-state index contributed by atoms with van der Waals surface area (Å²) in [6, 6.07) is 6.54. The van der Waals surface area contributed by atoms with Gasteiger partial charge < -0.3 is 15.5 Å². The van der Waals surface area contributed by atoms with Gasteiger partial charge in [0.15, 0.2) is 0 Å². The molecule has 2 rings (SSSR count). The Morgan fingerprint density at radius 3 is 2.70 bits per heavy atom. The summed E-state index contributed by atoms with van der Waals surface area (Å²) in [6.45, 7) is 10.4. The molecule has 4 nitrogen and oxygen atoms in total. The molecule has 0 spiro atoms. The number of benzene rings is 1. The third-order valence-electron chi connectivity index (χ3n) is 3.70. The first-order valence-corrected chi connectivity index (χ1v) is 7.53. The van der Waals surface area contributed by atoms with Gasteiger partial charge in [0.2, 0.25) is 5.91 Å². The van der Waals surface area contributed by atoms with Crippen molar-refractivity contribution in [1.29, 1.82) is 0 Å². The second-order valence-electron chi connectivity index (χ2n) is 5.54. The number of likely N-dealkylation sites (N-methyl/N-ethyl adjacent to an activating group) is 1. The molecule has 0 fully saturated rings. The van der Waals surface area contributed by atoms with Gasteiger partial charge in [0.1, 0.15) is 6.04 Å². The van der Waals surface area contributed by atoms with Gasteiger partial charge in [0, 0.05) is 29.5 Å². The molecule has 1 unspecified atom stereocenters. The van der Waals surface area contributed by atoms with Crippen LogP contribution in [-0.4, -0.2) is 25.0 Å². The van der Waals surface area contributed by atoms with Crippen molar-refractivity contribution in [2.75, 3.05) is 23.3 Å². The number of rotatable bonds is 6. The van der Waals surface area contributed by atoms with Gasteiger partial charge in [0.05, 0.1) is 0 Å². The molecular weight excluding hydrogens is 250 g/mol. The fourth-order valence-electron chi connectivity index (χ4n) is 2.76. The number of amides is 1. The molecule has 110 valence electrons. The van der Waals surface area contributed by atoms with Crippen molar-refractivity contribution in [2.24, 2.45) is 0 Å². The number of carbonyl (C=O) groups is 1. The third kappa shape index (κ3) is 2.80. The smallest absolute Gasteiger partial charge is 0.246 e. The van der Waals surface area contributed by atoms with Crippen LogP contribution < -0.4 is 15.5 Å². The Bertz CT molecular complexity index is 485. The molecule has 0 saturated heterocycles. The van der Waals surface area contributed by atoms with Crippen LogP contribution in [0.5, 0.6) is 0 Å². The first-order valence-electron chi connectivity index (χ1n) is 7.53. The van der Waals surface area contributed by atoms with E-state index < -0.39 is 0 Å². The molecule has 2 N–H and O–H groups in total. The molecule has 1 aliphatic heterocycles. The van der Waals surface area contributed by atoms with E-state index in [2.05, 4.69) is 54.5 Å². The lowest BCUT2D eigenvalue weighted by Crippen LogP contribution is -2.31. The summed E-state index contributed by atoms with van der Waals surface area (Å²) in [7, 11) is 0. The summed E-state index contributed by atoms with van der Waals surface area (Å²) in [4.78, 5) is 14.3. The molecule has 1 aliphatic rings. The maximum atomic E-state index is 12.0. The standard InChI is InChI=1S/C16H25N3O/c1-5-9-19(11(3)4)12-7-8-13-14(10-12)18-16(20)15(13)17-6-2/h7-8,10-11,15,17H,5-6,9H2,1-4H3,(H,18,20). The average molecular weight is 275 g/mol. The number of fused-ring (bicyclic) bond motifs is 1. The predicted molar refractivity (Wildman–Crippen MR) is 84.3 cm³/mol. The molecule has 20 heavy (non-hydrogen) atoms. The van der Waals surface area contributed by atoms with Gasteiger partial charge in [0.25, 0.3) is 0 Å². The summed E-state index contributed by atoms with van der Waals surface area (Å²) in [5, 5.41) is 6.20. The van der Waals surface area contributed by atoms with E-state index in [9.17, 15) is 4.79 Å². The fourth-order valence-corrected chi connectivity index (χ4v) is 2.76. The van der Waals surface area contributed by atoms with Crippen LogP contribution in [0.25, 0.3) is 0 Å². The van der Waals surface area contributed by atoms with Crippen molar-refractivity contribution in [3.8, 4) is 0 Å². The SMILES string of the molecule is CCCN(c1ccc2c(c1)NC(=O)C2NCC)C(C)C. The van der Waals surface area contributed by atoms with E-state index in [0.717, 1.165) is 30.8 Å². The van der Waals surface area contributed by atoms with E-state index in [1.54, 1.807) is 0 Å². The first kappa shape index (κ1) is 14.9. The van der Waals surface area contributed by atoms with Gasteiger partial charge >= 0.3 is 0 Å². The lowest BCUT2D eigenvalue weighted by molar-refractivity contribution is -0.117. The summed E-state index contributed by atoms with van der Waals surface area (Å²) in [6.07, 6.45) is 1.11. The zero-order valence-electron chi connectivity index (χ0n) is 12.9. The van der Waals surface area contributed by atoms with Crippen molar-refractivity contribution in [3.63, 3.8) is 0 Å². The highest BCUT2D eigenvalue weighted by Gasteiger charge is 2.30. The van der Waals surface area contributed by atoms with Gasteiger partial charge in [-0.2, -0.15) is 0 Å². The van der Waals surface area contributed by atoms with Crippen molar-refractivity contribution in [3.05, 3.63) is 23.8 Å². The number of hydrogen-bond acceptors (Lipinski definition) is 3. The quantitative estimate of drug-likeness (QED) is 0.839. The Labute approximate surface area is 121 Å². The molecule has 0 aliphatic carbocycles. The number of carbonyl (C=O) groups excluding carboxylic acids is 1. The number of nitrogens with one attached hydrogen (secondary N) is 2. The maximum Gasteiger partial charge on any atom is 0.246 e. The van der Waals surface area contributed by atoms with Crippen LogP contribution in [-0.2, 0) is 4.79 Å². The van der Waals surface area contributed by atoms with Crippen LogP contribution in [0, 0.1) is 0 Å². The van der Waals surface area contributed by atoms with Crippen LogP contribution in [0.2, 0.25) is 0 Å². The van der Waals surface area contributed by atoms with E-state index in [1.165, 1.54) is 5.69 Å². The van der Waals surface area contributed by atoms with Gasteiger partial charge in [-0.25, -0.2) is 0 Å². The largest absolute Gasteiger partial charge is 0.369 e. The van der Waals surface area contributed by atoms with Crippen LogP contribution in [0.3, 0.4) is 0 Å². The van der Waals surface area contributed by atoms with Gasteiger partial charge in [-0.1, -0.05) is 19.9 Å². The minimum atomic E-state index is -0.206. The molecule has 0 radical (unpaired) electrons. The minimum absolute atomic E-state index is 0.0468. The van der Waals surface area contributed by atoms with E-state index in [1.807, 2.05) is 6.92 Å². The topological polar surface area (TPSA) is 44.4 Å². The Balaban J connectivity index is 2.29.